The first-order valence-corrected chi connectivity index (χ1v) is 6.07. The van der Waals surface area contributed by atoms with Crippen LogP contribution in [0.25, 0.3) is 0 Å². The molecular weight excluding hydrogens is 186 g/mol. The first-order chi connectivity index (χ1) is 7.16. The Morgan fingerprint density at radius 3 is 2.40 bits per heavy atom. The van der Waals surface area contributed by atoms with E-state index in [-0.39, 0.29) is 5.91 Å². The number of nitrogens with one attached hydrogen (secondary N) is 1. The molecule has 0 aliphatic carbocycles. The average molecular weight is 211 g/mol. The third-order valence-electron chi connectivity index (χ3n) is 2.44. The highest BCUT2D eigenvalue weighted by Crippen LogP contribution is 2.09. The number of carbonyl (C=O) groups excluding carboxylic acids is 1. The summed E-state index contributed by atoms with van der Waals surface area (Å²) in [5, 5.41) is 2.78. The maximum atomic E-state index is 10.8. The summed E-state index contributed by atoms with van der Waals surface area (Å²) in [5.74, 6) is 0.770. The van der Waals surface area contributed by atoms with Crippen molar-refractivity contribution in [3.8, 4) is 0 Å². The topological polar surface area (TPSA) is 29.1 Å². The van der Waals surface area contributed by atoms with Crippen molar-refractivity contribution in [2.45, 2.75) is 52.4 Å². The Morgan fingerprint density at radius 2 is 1.80 bits per heavy atom. The summed E-state index contributed by atoms with van der Waals surface area (Å²) in [7, 11) is 0. The van der Waals surface area contributed by atoms with Gasteiger partial charge in [-0.15, -0.1) is 0 Å². The first kappa shape index (κ1) is 14.2. The summed E-state index contributed by atoms with van der Waals surface area (Å²) in [6.45, 7) is 8.73. The van der Waals surface area contributed by atoms with Crippen LogP contribution in [0.15, 0.2) is 12.7 Å². The second kappa shape index (κ2) is 9.75. The highest BCUT2D eigenvalue weighted by Gasteiger charge is 1.95. The molecule has 0 bridgehead atoms. The van der Waals surface area contributed by atoms with Crippen molar-refractivity contribution in [1.29, 1.82) is 0 Å². The van der Waals surface area contributed by atoms with E-state index in [0.29, 0.717) is 0 Å². The minimum absolute atomic E-state index is 0.0604. The molecule has 0 aromatic rings. The number of hydrogen-bond acceptors (Lipinski definition) is 1. The van der Waals surface area contributed by atoms with Crippen LogP contribution in [-0.4, -0.2) is 12.5 Å². The molecule has 0 unspecified atom stereocenters. The van der Waals surface area contributed by atoms with E-state index >= 15 is 0 Å². The van der Waals surface area contributed by atoms with Crippen molar-refractivity contribution >= 4 is 5.91 Å². The molecule has 88 valence electrons. The standard InChI is InChI=1S/C13H25NO/c1-4-13(15)14-11-9-7-5-6-8-10-12(2)3/h4,12H,1,5-11H2,2-3H3,(H,14,15). The lowest BCUT2D eigenvalue weighted by molar-refractivity contribution is -0.116. The summed E-state index contributed by atoms with van der Waals surface area (Å²) in [4.78, 5) is 10.8. The molecule has 0 saturated heterocycles. The SMILES string of the molecule is C=CC(=O)NCCCCCCCC(C)C. The zero-order valence-electron chi connectivity index (χ0n) is 10.2. The van der Waals surface area contributed by atoms with Gasteiger partial charge in [-0.1, -0.05) is 52.5 Å². The quantitative estimate of drug-likeness (QED) is 0.460. The number of unbranched alkanes of at least 4 members (excludes halogenated alkanes) is 4. The van der Waals surface area contributed by atoms with Gasteiger partial charge in [-0.05, 0) is 18.4 Å². The number of rotatable bonds is 9. The molecule has 0 aromatic carbocycles. The molecule has 0 saturated carbocycles. The lowest BCUT2D eigenvalue weighted by Gasteiger charge is -2.04. The average Bonchev–Trinajstić information content (AvgIpc) is 2.21. The van der Waals surface area contributed by atoms with Gasteiger partial charge in [0.05, 0.1) is 0 Å². The third-order valence-corrected chi connectivity index (χ3v) is 2.44. The molecule has 0 fully saturated rings. The van der Waals surface area contributed by atoms with Crippen LogP contribution in [-0.2, 0) is 4.79 Å². The fourth-order valence-corrected chi connectivity index (χ4v) is 1.49. The zero-order valence-corrected chi connectivity index (χ0v) is 10.2. The van der Waals surface area contributed by atoms with E-state index in [4.69, 9.17) is 0 Å². The molecule has 0 radical (unpaired) electrons. The summed E-state index contributed by atoms with van der Waals surface area (Å²) in [6.07, 6.45) is 8.92. The molecule has 0 aliphatic rings. The minimum atomic E-state index is -0.0604. The smallest absolute Gasteiger partial charge is 0.243 e. The van der Waals surface area contributed by atoms with Gasteiger partial charge in [0.25, 0.3) is 0 Å². The number of hydrogen-bond donors (Lipinski definition) is 1. The lowest BCUT2D eigenvalue weighted by atomic mass is 10.0. The van der Waals surface area contributed by atoms with Crippen LogP contribution >= 0.6 is 0 Å². The van der Waals surface area contributed by atoms with Gasteiger partial charge in [0, 0.05) is 6.54 Å². The van der Waals surface area contributed by atoms with E-state index in [1.165, 1.54) is 38.2 Å². The Morgan fingerprint density at radius 1 is 1.20 bits per heavy atom. The molecule has 1 N–H and O–H groups in total. The van der Waals surface area contributed by atoms with Crippen molar-refractivity contribution in [3.05, 3.63) is 12.7 Å². The molecule has 2 heteroatoms. The molecule has 0 spiro atoms. The minimum Gasteiger partial charge on any atom is -0.353 e. The van der Waals surface area contributed by atoms with E-state index in [9.17, 15) is 4.79 Å². The van der Waals surface area contributed by atoms with E-state index in [2.05, 4.69) is 25.7 Å². The highest BCUT2D eigenvalue weighted by atomic mass is 16.1. The van der Waals surface area contributed by atoms with Gasteiger partial charge >= 0.3 is 0 Å². The van der Waals surface area contributed by atoms with Crippen molar-refractivity contribution in [2.75, 3.05) is 6.54 Å². The first-order valence-electron chi connectivity index (χ1n) is 6.07. The summed E-state index contributed by atoms with van der Waals surface area (Å²) >= 11 is 0. The molecule has 15 heavy (non-hydrogen) atoms. The van der Waals surface area contributed by atoms with Crippen LogP contribution in [0.2, 0.25) is 0 Å². The van der Waals surface area contributed by atoms with E-state index in [1.54, 1.807) is 0 Å². The molecule has 1 amide bonds. The van der Waals surface area contributed by atoms with Crippen LogP contribution in [0, 0.1) is 5.92 Å². The summed E-state index contributed by atoms with van der Waals surface area (Å²) in [5.41, 5.74) is 0. The Hall–Kier alpha value is -0.790. The molecule has 0 aromatic heterocycles. The lowest BCUT2D eigenvalue weighted by Crippen LogP contribution is -2.21. The number of carbonyl (C=O) groups is 1. The largest absolute Gasteiger partial charge is 0.353 e. The van der Waals surface area contributed by atoms with E-state index in [0.717, 1.165) is 18.9 Å². The predicted molar refractivity (Wildman–Crippen MR) is 65.7 cm³/mol. The second-order valence-corrected chi connectivity index (χ2v) is 4.45. The molecule has 0 rings (SSSR count). The third kappa shape index (κ3) is 11.1. The maximum absolute atomic E-state index is 10.8. The van der Waals surface area contributed by atoms with Crippen molar-refractivity contribution in [3.63, 3.8) is 0 Å². The summed E-state index contributed by atoms with van der Waals surface area (Å²) in [6, 6.07) is 0. The van der Waals surface area contributed by atoms with Crippen LogP contribution in [0.5, 0.6) is 0 Å². The Labute approximate surface area is 94.1 Å². The van der Waals surface area contributed by atoms with Gasteiger partial charge in [0.15, 0.2) is 0 Å². The number of amides is 1. The van der Waals surface area contributed by atoms with Gasteiger partial charge in [-0.3, -0.25) is 4.79 Å². The van der Waals surface area contributed by atoms with Crippen molar-refractivity contribution < 1.29 is 4.79 Å². The van der Waals surface area contributed by atoms with Crippen molar-refractivity contribution in [2.24, 2.45) is 5.92 Å². The summed E-state index contributed by atoms with van der Waals surface area (Å²) < 4.78 is 0. The van der Waals surface area contributed by atoms with Crippen LogP contribution in [0.4, 0.5) is 0 Å². The van der Waals surface area contributed by atoms with Gasteiger partial charge in [-0.25, -0.2) is 0 Å². The van der Waals surface area contributed by atoms with E-state index in [1.807, 2.05) is 0 Å². The molecule has 0 heterocycles. The van der Waals surface area contributed by atoms with Crippen molar-refractivity contribution in [1.82, 2.24) is 5.32 Å². The van der Waals surface area contributed by atoms with Crippen LogP contribution in [0.3, 0.4) is 0 Å². The molecule has 0 aliphatic heterocycles. The molecular formula is C13H25NO. The van der Waals surface area contributed by atoms with Gasteiger partial charge in [0.2, 0.25) is 5.91 Å². The van der Waals surface area contributed by atoms with E-state index < -0.39 is 0 Å². The Kier molecular flexibility index (Phi) is 9.24. The Bertz CT molecular complexity index is 175. The normalized spacial score (nSPS) is 10.3. The Balaban J connectivity index is 3.05. The fraction of sp³-hybridized carbons (Fsp3) is 0.769. The fourth-order valence-electron chi connectivity index (χ4n) is 1.49. The van der Waals surface area contributed by atoms with Gasteiger partial charge < -0.3 is 5.32 Å². The zero-order chi connectivity index (χ0) is 11.5. The second-order valence-electron chi connectivity index (χ2n) is 4.45. The van der Waals surface area contributed by atoms with Gasteiger partial charge in [-0.2, -0.15) is 0 Å². The monoisotopic (exact) mass is 211 g/mol. The highest BCUT2D eigenvalue weighted by molar-refractivity contribution is 5.86. The predicted octanol–water partition coefficient (Wildman–Crippen LogP) is 3.29. The maximum Gasteiger partial charge on any atom is 0.243 e. The molecule has 0 atom stereocenters. The van der Waals surface area contributed by atoms with Gasteiger partial charge in [0.1, 0.15) is 0 Å². The van der Waals surface area contributed by atoms with Crippen LogP contribution < -0.4 is 5.32 Å². The molecule has 2 nitrogen and oxygen atoms in total. The van der Waals surface area contributed by atoms with Crippen LogP contribution in [0.1, 0.15) is 52.4 Å².